The average Bonchev–Trinajstić information content (AvgIpc) is 1.91. The maximum absolute atomic E-state index is 8.25. The molecule has 0 atom stereocenters. The molecule has 50 valence electrons. The van der Waals surface area contributed by atoms with Gasteiger partial charge in [0, 0.05) is 25.0 Å². The molecule has 0 aromatic heterocycles. The quantitative estimate of drug-likeness (QED) is 0.395. The van der Waals surface area contributed by atoms with Gasteiger partial charge in [0.1, 0.15) is 5.40 Å². The van der Waals surface area contributed by atoms with Gasteiger partial charge in [-0.2, -0.15) is 5.26 Å². The molecule has 1 rings (SSSR count). The Morgan fingerprint density at radius 1 is 1.44 bits per heavy atom. The Morgan fingerprint density at radius 2 is 2.11 bits per heavy atom. The van der Waals surface area contributed by atoms with E-state index in [0.717, 1.165) is 26.3 Å². The summed E-state index contributed by atoms with van der Waals surface area (Å²) in [6.45, 7) is 3.26. The lowest BCUT2D eigenvalue weighted by atomic mass is 10.5. The molecule has 1 saturated heterocycles. The predicted octanol–water partition coefficient (Wildman–Crippen LogP) is 0.448. The highest BCUT2D eigenvalue weighted by Crippen LogP contribution is 2.08. The van der Waals surface area contributed by atoms with E-state index >= 15 is 0 Å². The van der Waals surface area contributed by atoms with Crippen LogP contribution in [0.2, 0.25) is 0 Å². The summed E-state index contributed by atoms with van der Waals surface area (Å²) in [5, 5.41) is 10.3. The molecule has 9 heavy (non-hydrogen) atoms. The van der Waals surface area contributed by atoms with Crippen LogP contribution in [0.1, 0.15) is 0 Å². The zero-order valence-electron chi connectivity index (χ0n) is 5.04. The summed E-state index contributed by atoms with van der Waals surface area (Å²) in [5.74, 6) is 0. The number of morpholine rings is 1. The molecule has 3 nitrogen and oxygen atoms in total. The topological polar surface area (TPSA) is 36.3 Å². The van der Waals surface area contributed by atoms with E-state index in [-0.39, 0.29) is 0 Å². The van der Waals surface area contributed by atoms with E-state index in [0.29, 0.717) is 0 Å². The predicted molar refractivity (Wildman–Crippen MR) is 35.6 cm³/mol. The molecule has 4 heteroatoms. The molecule has 0 aliphatic carbocycles. The number of nitriles is 1. The monoisotopic (exact) mass is 144 g/mol. The second-order valence-electron chi connectivity index (χ2n) is 1.72. The van der Waals surface area contributed by atoms with Crippen LogP contribution in [0.25, 0.3) is 0 Å². The SMILES string of the molecule is N#CSN1CCOCC1. The summed E-state index contributed by atoms with van der Waals surface area (Å²) in [6, 6.07) is 0. The van der Waals surface area contributed by atoms with Crippen molar-refractivity contribution in [2.24, 2.45) is 0 Å². The third-order valence-corrected chi connectivity index (χ3v) is 1.84. The Morgan fingerprint density at radius 3 is 2.67 bits per heavy atom. The number of rotatable bonds is 1. The van der Waals surface area contributed by atoms with Crippen molar-refractivity contribution in [2.75, 3.05) is 26.3 Å². The van der Waals surface area contributed by atoms with Crippen LogP contribution in [0.5, 0.6) is 0 Å². The molecule has 0 bridgehead atoms. The molecular formula is C5H8N2OS. The van der Waals surface area contributed by atoms with Crippen LogP contribution in [0.15, 0.2) is 0 Å². The van der Waals surface area contributed by atoms with Gasteiger partial charge in [0.25, 0.3) is 0 Å². The van der Waals surface area contributed by atoms with Crippen LogP contribution in [0.4, 0.5) is 0 Å². The van der Waals surface area contributed by atoms with Gasteiger partial charge in [-0.05, 0) is 0 Å². The van der Waals surface area contributed by atoms with E-state index in [2.05, 4.69) is 0 Å². The molecule has 0 N–H and O–H groups in total. The van der Waals surface area contributed by atoms with E-state index in [1.807, 2.05) is 9.71 Å². The van der Waals surface area contributed by atoms with Crippen LogP contribution in [-0.2, 0) is 4.74 Å². The normalized spacial score (nSPS) is 21.2. The molecule has 0 unspecified atom stereocenters. The summed E-state index contributed by atoms with van der Waals surface area (Å²) < 4.78 is 7.09. The van der Waals surface area contributed by atoms with E-state index in [4.69, 9.17) is 10.00 Å². The number of thiocyanates is 1. The minimum Gasteiger partial charge on any atom is -0.379 e. The number of nitrogens with zero attached hydrogens (tertiary/aromatic N) is 2. The first-order valence-electron chi connectivity index (χ1n) is 2.82. The van der Waals surface area contributed by atoms with Gasteiger partial charge in [-0.1, -0.05) is 0 Å². The first-order valence-corrected chi connectivity index (χ1v) is 3.59. The third-order valence-electron chi connectivity index (χ3n) is 1.14. The third kappa shape index (κ3) is 2.22. The molecule has 0 amide bonds. The van der Waals surface area contributed by atoms with Crippen molar-refractivity contribution in [2.45, 2.75) is 0 Å². The second-order valence-corrected chi connectivity index (χ2v) is 2.61. The van der Waals surface area contributed by atoms with Gasteiger partial charge < -0.3 is 4.74 Å². The van der Waals surface area contributed by atoms with E-state index < -0.39 is 0 Å². The second kappa shape index (κ2) is 3.72. The Kier molecular flexibility index (Phi) is 2.84. The Hall–Kier alpha value is -0.240. The standard InChI is InChI=1S/C5H8N2OS/c6-5-9-7-1-3-8-4-2-7/h1-4H2. The van der Waals surface area contributed by atoms with E-state index in [1.165, 1.54) is 11.9 Å². The Labute approximate surface area is 58.7 Å². The van der Waals surface area contributed by atoms with Gasteiger partial charge in [-0.25, -0.2) is 4.31 Å². The first-order chi connectivity index (χ1) is 4.43. The van der Waals surface area contributed by atoms with Crippen molar-refractivity contribution < 1.29 is 4.74 Å². The highest BCUT2D eigenvalue weighted by molar-refractivity contribution is 8.01. The van der Waals surface area contributed by atoms with Crippen molar-refractivity contribution in [3.8, 4) is 5.40 Å². The van der Waals surface area contributed by atoms with Crippen molar-refractivity contribution in [3.63, 3.8) is 0 Å². The molecule has 0 aromatic carbocycles. The Balaban J connectivity index is 2.17. The van der Waals surface area contributed by atoms with E-state index in [1.54, 1.807) is 0 Å². The molecule has 0 spiro atoms. The summed E-state index contributed by atoms with van der Waals surface area (Å²) in [7, 11) is 0. The minimum atomic E-state index is 0.759. The first kappa shape index (κ1) is 6.87. The van der Waals surface area contributed by atoms with Gasteiger partial charge in [0.15, 0.2) is 0 Å². The molecule has 1 aliphatic heterocycles. The van der Waals surface area contributed by atoms with Gasteiger partial charge in [-0.15, -0.1) is 0 Å². The van der Waals surface area contributed by atoms with Gasteiger partial charge in [0.2, 0.25) is 0 Å². The Bertz CT molecular complexity index is 117. The largest absolute Gasteiger partial charge is 0.379 e. The van der Waals surface area contributed by atoms with Crippen molar-refractivity contribution in [1.29, 1.82) is 5.26 Å². The zero-order chi connectivity index (χ0) is 6.53. The molecule has 1 aliphatic rings. The van der Waals surface area contributed by atoms with Crippen molar-refractivity contribution >= 4 is 11.9 Å². The van der Waals surface area contributed by atoms with Crippen LogP contribution in [-0.4, -0.2) is 30.6 Å². The van der Waals surface area contributed by atoms with Gasteiger partial charge in [0.05, 0.1) is 13.2 Å². The molecular weight excluding hydrogens is 136 g/mol. The lowest BCUT2D eigenvalue weighted by molar-refractivity contribution is 0.0777. The van der Waals surface area contributed by atoms with Crippen molar-refractivity contribution in [1.82, 2.24) is 4.31 Å². The van der Waals surface area contributed by atoms with Gasteiger partial charge in [-0.3, -0.25) is 0 Å². The lowest BCUT2D eigenvalue weighted by Crippen LogP contribution is -2.30. The molecule has 1 fully saturated rings. The average molecular weight is 144 g/mol. The molecule has 0 saturated carbocycles. The van der Waals surface area contributed by atoms with Crippen LogP contribution in [0.3, 0.4) is 0 Å². The van der Waals surface area contributed by atoms with Crippen LogP contribution < -0.4 is 0 Å². The smallest absolute Gasteiger partial charge is 0.150 e. The fourth-order valence-corrected chi connectivity index (χ4v) is 1.14. The summed E-state index contributed by atoms with van der Waals surface area (Å²) >= 11 is 1.21. The maximum atomic E-state index is 8.25. The molecule has 0 radical (unpaired) electrons. The van der Waals surface area contributed by atoms with Crippen LogP contribution >= 0.6 is 11.9 Å². The number of hydrogen-bond donors (Lipinski definition) is 0. The fourth-order valence-electron chi connectivity index (χ4n) is 0.696. The fraction of sp³-hybridized carbons (Fsp3) is 0.800. The highest BCUT2D eigenvalue weighted by atomic mass is 32.2. The number of ether oxygens (including phenoxy) is 1. The van der Waals surface area contributed by atoms with Gasteiger partial charge >= 0.3 is 0 Å². The lowest BCUT2D eigenvalue weighted by Gasteiger charge is -2.21. The zero-order valence-corrected chi connectivity index (χ0v) is 5.86. The minimum absolute atomic E-state index is 0.759. The molecule has 0 aromatic rings. The summed E-state index contributed by atoms with van der Waals surface area (Å²) in [4.78, 5) is 0. The summed E-state index contributed by atoms with van der Waals surface area (Å²) in [5.41, 5.74) is 0. The number of hydrogen-bond acceptors (Lipinski definition) is 4. The van der Waals surface area contributed by atoms with Crippen molar-refractivity contribution in [3.05, 3.63) is 0 Å². The maximum Gasteiger partial charge on any atom is 0.150 e. The molecule has 1 heterocycles. The van der Waals surface area contributed by atoms with Crippen LogP contribution in [0, 0.1) is 10.7 Å². The van der Waals surface area contributed by atoms with E-state index in [9.17, 15) is 0 Å². The summed E-state index contributed by atoms with van der Waals surface area (Å²) in [6.07, 6.45) is 0. The highest BCUT2D eigenvalue weighted by Gasteiger charge is 2.09.